The Morgan fingerprint density at radius 1 is 1.31 bits per heavy atom. The number of nitrogens with zero attached hydrogens (tertiary/aromatic N) is 3. The van der Waals surface area contributed by atoms with Crippen molar-refractivity contribution < 1.29 is 0 Å². The van der Waals surface area contributed by atoms with Crippen LogP contribution in [0.2, 0.25) is 5.15 Å². The van der Waals surface area contributed by atoms with E-state index in [1.165, 1.54) is 6.20 Å². The zero-order valence-electron chi connectivity index (χ0n) is 8.76. The van der Waals surface area contributed by atoms with Crippen molar-refractivity contribution in [2.45, 2.75) is 13.0 Å². The van der Waals surface area contributed by atoms with Crippen molar-refractivity contribution in [2.24, 2.45) is 0 Å². The van der Waals surface area contributed by atoms with Crippen LogP contribution in [0, 0.1) is 0 Å². The normalized spacial score (nSPS) is 12.1. The zero-order valence-corrected chi connectivity index (χ0v) is 9.52. The number of aromatic nitrogens is 3. The molecule has 1 atom stereocenters. The van der Waals surface area contributed by atoms with Gasteiger partial charge in [-0.1, -0.05) is 17.7 Å². The molecule has 0 saturated heterocycles. The molecule has 0 aliphatic rings. The Labute approximate surface area is 98.7 Å². The maximum absolute atomic E-state index is 5.75. The third-order valence-electron chi connectivity index (χ3n) is 2.10. The summed E-state index contributed by atoms with van der Waals surface area (Å²) in [4.78, 5) is 12.3. The van der Waals surface area contributed by atoms with Gasteiger partial charge in [-0.15, -0.1) is 0 Å². The number of pyridine rings is 1. The third kappa shape index (κ3) is 2.67. The molecular formula is C11H11ClN4. The van der Waals surface area contributed by atoms with Gasteiger partial charge < -0.3 is 5.32 Å². The highest BCUT2D eigenvalue weighted by Crippen LogP contribution is 2.15. The molecule has 1 unspecified atom stereocenters. The fraction of sp³-hybridized carbons (Fsp3) is 0.182. The second-order valence-corrected chi connectivity index (χ2v) is 3.73. The summed E-state index contributed by atoms with van der Waals surface area (Å²) in [5.74, 6) is 0.644. The predicted molar refractivity (Wildman–Crippen MR) is 63.3 cm³/mol. The van der Waals surface area contributed by atoms with Crippen LogP contribution < -0.4 is 5.32 Å². The van der Waals surface area contributed by atoms with Gasteiger partial charge in [-0.2, -0.15) is 0 Å². The van der Waals surface area contributed by atoms with Crippen molar-refractivity contribution in [3.05, 3.63) is 47.6 Å². The molecule has 0 amide bonds. The maximum Gasteiger partial charge on any atom is 0.149 e. The van der Waals surface area contributed by atoms with Crippen LogP contribution in [0.15, 0.2) is 36.8 Å². The van der Waals surface area contributed by atoms with E-state index in [2.05, 4.69) is 20.3 Å². The van der Waals surface area contributed by atoms with Crippen molar-refractivity contribution in [3.8, 4) is 0 Å². The molecule has 0 radical (unpaired) electrons. The molecule has 0 aliphatic carbocycles. The molecule has 2 aromatic rings. The molecule has 0 bridgehead atoms. The SMILES string of the molecule is CC(Nc1cncc(Cl)n1)c1ccccn1. The Morgan fingerprint density at radius 2 is 2.19 bits per heavy atom. The van der Waals surface area contributed by atoms with Crippen molar-refractivity contribution in [1.29, 1.82) is 0 Å². The Kier molecular flexibility index (Phi) is 3.31. The van der Waals surface area contributed by atoms with Crippen molar-refractivity contribution in [1.82, 2.24) is 15.0 Å². The van der Waals surface area contributed by atoms with Gasteiger partial charge in [-0.3, -0.25) is 9.97 Å². The molecule has 0 fully saturated rings. The first-order valence-electron chi connectivity index (χ1n) is 4.91. The molecule has 82 valence electrons. The Morgan fingerprint density at radius 3 is 2.88 bits per heavy atom. The standard InChI is InChI=1S/C11H11ClN4/c1-8(9-4-2-3-5-14-9)15-11-7-13-6-10(12)16-11/h2-8H,1H3,(H,15,16). The number of anilines is 1. The number of halogens is 1. The van der Waals surface area contributed by atoms with Crippen LogP contribution in [0.5, 0.6) is 0 Å². The lowest BCUT2D eigenvalue weighted by atomic mass is 10.2. The molecule has 0 saturated carbocycles. The van der Waals surface area contributed by atoms with Gasteiger partial charge in [0.15, 0.2) is 0 Å². The second kappa shape index (κ2) is 4.90. The Balaban J connectivity index is 2.11. The van der Waals surface area contributed by atoms with Gasteiger partial charge in [-0.25, -0.2) is 4.98 Å². The highest BCUT2D eigenvalue weighted by molar-refractivity contribution is 6.29. The minimum absolute atomic E-state index is 0.0639. The van der Waals surface area contributed by atoms with E-state index in [1.54, 1.807) is 12.4 Å². The van der Waals surface area contributed by atoms with Crippen molar-refractivity contribution in [3.63, 3.8) is 0 Å². The monoisotopic (exact) mass is 234 g/mol. The van der Waals surface area contributed by atoms with E-state index in [-0.39, 0.29) is 6.04 Å². The summed E-state index contributed by atoms with van der Waals surface area (Å²) in [5, 5.41) is 3.55. The topological polar surface area (TPSA) is 50.7 Å². The average Bonchev–Trinajstić information content (AvgIpc) is 2.30. The molecule has 1 N–H and O–H groups in total. The van der Waals surface area contributed by atoms with E-state index in [1.807, 2.05) is 25.1 Å². The van der Waals surface area contributed by atoms with Gasteiger partial charge >= 0.3 is 0 Å². The van der Waals surface area contributed by atoms with Crippen molar-refractivity contribution >= 4 is 17.4 Å². The maximum atomic E-state index is 5.75. The van der Waals surface area contributed by atoms with E-state index in [0.29, 0.717) is 11.0 Å². The molecule has 2 rings (SSSR count). The van der Waals surface area contributed by atoms with Gasteiger partial charge in [0.1, 0.15) is 11.0 Å². The van der Waals surface area contributed by atoms with Crippen LogP contribution in [0.25, 0.3) is 0 Å². The fourth-order valence-electron chi connectivity index (χ4n) is 1.34. The smallest absolute Gasteiger partial charge is 0.149 e. The summed E-state index contributed by atoms with van der Waals surface area (Å²) in [6.45, 7) is 2.00. The fourth-order valence-corrected chi connectivity index (χ4v) is 1.49. The lowest BCUT2D eigenvalue weighted by Crippen LogP contribution is -2.09. The molecular weight excluding hydrogens is 224 g/mol. The molecule has 0 spiro atoms. The lowest BCUT2D eigenvalue weighted by Gasteiger charge is -2.13. The third-order valence-corrected chi connectivity index (χ3v) is 2.28. The molecule has 4 nitrogen and oxygen atoms in total. The number of hydrogen-bond donors (Lipinski definition) is 1. The second-order valence-electron chi connectivity index (χ2n) is 3.35. The number of nitrogens with one attached hydrogen (secondary N) is 1. The quantitative estimate of drug-likeness (QED) is 0.887. The predicted octanol–water partition coefficient (Wildman–Crippen LogP) is 2.70. The first-order valence-corrected chi connectivity index (χ1v) is 5.28. The van der Waals surface area contributed by atoms with Crippen LogP contribution in [0.3, 0.4) is 0 Å². The van der Waals surface area contributed by atoms with E-state index >= 15 is 0 Å². The first kappa shape index (κ1) is 10.8. The van der Waals surface area contributed by atoms with Crippen LogP contribution in [-0.2, 0) is 0 Å². The Hall–Kier alpha value is -1.68. The zero-order chi connectivity index (χ0) is 11.4. The molecule has 0 aliphatic heterocycles. The van der Waals surface area contributed by atoms with E-state index < -0.39 is 0 Å². The van der Waals surface area contributed by atoms with Crippen LogP contribution in [0.4, 0.5) is 5.82 Å². The summed E-state index contributed by atoms with van der Waals surface area (Å²) < 4.78 is 0. The molecule has 5 heteroatoms. The van der Waals surface area contributed by atoms with Gasteiger partial charge in [0.25, 0.3) is 0 Å². The highest BCUT2D eigenvalue weighted by atomic mass is 35.5. The van der Waals surface area contributed by atoms with Crippen LogP contribution in [0.1, 0.15) is 18.7 Å². The number of hydrogen-bond acceptors (Lipinski definition) is 4. The summed E-state index contributed by atoms with van der Waals surface area (Å²) >= 11 is 5.75. The highest BCUT2D eigenvalue weighted by Gasteiger charge is 2.06. The van der Waals surface area contributed by atoms with Crippen LogP contribution in [-0.4, -0.2) is 15.0 Å². The molecule has 2 aromatic heterocycles. The molecule has 16 heavy (non-hydrogen) atoms. The van der Waals surface area contributed by atoms with Gasteiger partial charge in [0, 0.05) is 6.20 Å². The van der Waals surface area contributed by atoms with Gasteiger partial charge in [0.2, 0.25) is 0 Å². The number of rotatable bonds is 3. The minimum atomic E-state index is 0.0639. The minimum Gasteiger partial charge on any atom is -0.361 e. The molecule has 0 aromatic carbocycles. The summed E-state index contributed by atoms with van der Waals surface area (Å²) in [5.41, 5.74) is 0.948. The van der Waals surface area contributed by atoms with Crippen molar-refractivity contribution in [2.75, 3.05) is 5.32 Å². The summed E-state index contributed by atoms with van der Waals surface area (Å²) in [6.07, 6.45) is 4.89. The summed E-state index contributed by atoms with van der Waals surface area (Å²) in [7, 11) is 0. The molecule has 2 heterocycles. The Bertz CT molecular complexity index is 461. The van der Waals surface area contributed by atoms with E-state index in [0.717, 1.165) is 5.69 Å². The van der Waals surface area contributed by atoms with Crippen LogP contribution >= 0.6 is 11.6 Å². The van der Waals surface area contributed by atoms with Gasteiger partial charge in [-0.05, 0) is 19.1 Å². The summed E-state index contributed by atoms with van der Waals surface area (Å²) in [6, 6.07) is 5.85. The first-order chi connectivity index (χ1) is 7.75. The lowest BCUT2D eigenvalue weighted by molar-refractivity contribution is 0.830. The van der Waals surface area contributed by atoms with Gasteiger partial charge in [0.05, 0.1) is 24.1 Å². The van der Waals surface area contributed by atoms with E-state index in [4.69, 9.17) is 11.6 Å². The average molecular weight is 235 g/mol. The van der Waals surface area contributed by atoms with E-state index in [9.17, 15) is 0 Å². The largest absolute Gasteiger partial charge is 0.361 e.